The molecular formula is C96H62N8. The molecule has 104 heavy (non-hydrogen) atoms. The van der Waals surface area contributed by atoms with Crippen LogP contribution in [0.4, 0.5) is 0 Å². The summed E-state index contributed by atoms with van der Waals surface area (Å²) in [5.74, 6) is 3.40. The molecule has 0 spiro atoms. The van der Waals surface area contributed by atoms with Gasteiger partial charge in [0.2, 0.25) is 0 Å². The van der Waals surface area contributed by atoms with Crippen molar-refractivity contribution >= 4 is 43.6 Å². The second-order valence-electron chi connectivity index (χ2n) is 26.2. The topological polar surface area (TPSA) is 87.2 Å². The molecule has 4 heterocycles. The molecule has 0 bridgehead atoms. The van der Waals surface area contributed by atoms with Gasteiger partial charge >= 0.3 is 0 Å². The Morgan fingerprint density at radius 1 is 0.144 bits per heavy atom. The van der Waals surface area contributed by atoms with Crippen LogP contribution in [0, 0.1) is 0 Å². The number of benzene rings is 15. The van der Waals surface area contributed by atoms with Gasteiger partial charge in [0.1, 0.15) is 0 Å². The zero-order chi connectivity index (χ0) is 68.9. The summed E-state index contributed by atoms with van der Waals surface area (Å²) in [5.41, 5.74) is 24.5. The van der Waals surface area contributed by atoms with E-state index in [1.54, 1.807) is 0 Å². The summed E-state index contributed by atoms with van der Waals surface area (Å²) in [6, 6.07) is 133. The van der Waals surface area contributed by atoms with Gasteiger partial charge < -0.3 is 9.13 Å². The van der Waals surface area contributed by atoms with Gasteiger partial charge in [0, 0.05) is 54.9 Å². The van der Waals surface area contributed by atoms with Gasteiger partial charge in [-0.15, -0.1) is 0 Å². The van der Waals surface area contributed by atoms with Crippen LogP contribution >= 0.6 is 0 Å². The maximum atomic E-state index is 5.48. The molecule has 0 unspecified atom stereocenters. The zero-order valence-corrected chi connectivity index (χ0v) is 56.4. The number of hydrogen-bond acceptors (Lipinski definition) is 6. The van der Waals surface area contributed by atoms with Crippen LogP contribution < -0.4 is 0 Å². The largest absolute Gasteiger partial charge is 0.308 e. The highest BCUT2D eigenvalue weighted by atomic mass is 15.1. The van der Waals surface area contributed by atoms with Gasteiger partial charge in [-0.2, -0.15) is 0 Å². The fourth-order valence-electron chi connectivity index (χ4n) is 14.7. The van der Waals surface area contributed by atoms with Crippen molar-refractivity contribution in [3.63, 3.8) is 0 Å². The highest BCUT2D eigenvalue weighted by Gasteiger charge is 2.25. The highest BCUT2D eigenvalue weighted by Crippen LogP contribution is 2.45. The summed E-state index contributed by atoms with van der Waals surface area (Å²) in [5, 5.41) is 4.54. The predicted molar refractivity (Wildman–Crippen MR) is 427 cm³/mol. The Labute approximate surface area is 601 Å². The summed E-state index contributed by atoms with van der Waals surface area (Å²) in [7, 11) is 0. The molecule has 19 rings (SSSR count). The van der Waals surface area contributed by atoms with Crippen molar-refractivity contribution < 1.29 is 0 Å². The van der Waals surface area contributed by atoms with Crippen molar-refractivity contribution in [3.8, 4) is 146 Å². The van der Waals surface area contributed by atoms with Crippen LogP contribution in [0.15, 0.2) is 376 Å². The first-order chi connectivity index (χ1) is 51.5. The molecule has 0 fully saturated rings. The standard InChI is InChI=1S/C96H62N8/c1-9-26-63(27-10-1)73-44-50-85-79(57-73)80-58-74(64-28-11-2-12-29-64)45-51-86(80)103(85)89-54-48-77(61-83(89)95-99-91(67-34-17-5-18-35-67)97-92(100-95)68-36-19-6-20-37-68)71-42-25-43-72(56-71)78-49-55-90(84(62-78)96-101-93(69-38-21-7-22-39-69)98-94(102-96)70-40-23-8-24-41-70)104-87-52-46-75(65-30-13-3-14-31-65)59-81(87)82-60-76(47-53-88(82)104)66-32-15-4-16-33-66/h1-62H. The summed E-state index contributed by atoms with van der Waals surface area (Å²) in [6.07, 6.45) is 0. The summed E-state index contributed by atoms with van der Waals surface area (Å²) < 4.78 is 4.80. The predicted octanol–water partition coefficient (Wildman–Crippen LogP) is 24.3. The minimum atomic E-state index is 0.544. The van der Waals surface area contributed by atoms with Gasteiger partial charge in [-0.3, -0.25) is 0 Å². The Morgan fingerprint density at radius 2 is 0.346 bits per heavy atom. The van der Waals surface area contributed by atoms with Crippen LogP contribution in [0.1, 0.15) is 0 Å². The van der Waals surface area contributed by atoms with Gasteiger partial charge in [0.25, 0.3) is 0 Å². The first-order valence-corrected chi connectivity index (χ1v) is 35.1. The maximum Gasteiger partial charge on any atom is 0.166 e. The van der Waals surface area contributed by atoms with Gasteiger partial charge in [0.05, 0.1) is 33.4 Å². The van der Waals surface area contributed by atoms with Crippen molar-refractivity contribution in [1.82, 2.24) is 39.0 Å². The summed E-state index contributed by atoms with van der Waals surface area (Å²) in [4.78, 5) is 32.3. The first-order valence-electron chi connectivity index (χ1n) is 35.1. The molecule has 4 aromatic heterocycles. The lowest BCUT2D eigenvalue weighted by atomic mass is 9.95. The van der Waals surface area contributed by atoms with Crippen molar-refractivity contribution in [2.75, 3.05) is 0 Å². The molecule has 0 N–H and O–H groups in total. The maximum absolute atomic E-state index is 5.48. The van der Waals surface area contributed by atoms with E-state index < -0.39 is 0 Å². The molecule has 0 aliphatic rings. The molecule has 8 nitrogen and oxygen atoms in total. The second kappa shape index (κ2) is 26.2. The highest BCUT2D eigenvalue weighted by molar-refractivity contribution is 6.14. The molecule has 0 saturated heterocycles. The van der Waals surface area contributed by atoms with Crippen LogP contribution in [-0.4, -0.2) is 39.0 Å². The van der Waals surface area contributed by atoms with Gasteiger partial charge in [-0.1, -0.05) is 297 Å². The molecule has 8 heteroatoms. The molecule has 19 aromatic rings. The second-order valence-corrected chi connectivity index (χ2v) is 26.2. The minimum absolute atomic E-state index is 0.544. The fourth-order valence-corrected chi connectivity index (χ4v) is 14.7. The number of rotatable bonds is 14. The number of nitrogens with zero attached hydrogens (tertiary/aromatic N) is 8. The van der Waals surface area contributed by atoms with E-state index in [-0.39, 0.29) is 0 Å². The molecule has 0 radical (unpaired) electrons. The van der Waals surface area contributed by atoms with Crippen LogP contribution in [0.25, 0.3) is 190 Å². The van der Waals surface area contributed by atoms with Crippen molar-refractivity contribution in [2.45, 2.75) is 0 Å². The third kappa shape index (κ3) is 11.3. The lowest BCUT2D eigenvalue weighted by molar-refractivity contribution is 1.06. The number of hydrogen-bond donors (Lipinski definition) is 0. The monoisotopic (exact) mass is 1330 g/mol. The Kier molecular flexibility index (Phi) is 15.4. The SMILES string of the molecule is c1ccc(-c2ccc3c(c2)c2cc(-c4ccccc4)ccc2n3-c2ccc(-c3cccc(-c4ccc(-n5c6ccc(-c7ccccc7)cc6c6cc(-c7ccccc7)ccc65)c(-c5nc(-c6ccccc6)nc(-c6ccccc6)n5)c4)c3)cc2-c2nc(-c3ccccc3)nc(-c3ccccc3)n2)cc1. The van der Waals surface area contributed by atoms with E-state index >= 15 is 0 Å². The van der Waals surface area contributed by atoms with Crippen molar-refractivity contribution in [1.29, 1.82) is 0 Å². The molecule has 15 aromatic carbocycles. The van der Waals surface area contributed by atoms with Crippen molar-refractivity contribution in [3.05, 3.63) is 376 Å². The van der Waals surface area contributed by atoms with Crippen LogP contribution in [0.5, 0.6) is 0 Å². The number of aromatic nitrogens is 8. The van der Waals surface area contributed by atoms with E-state index in [2.05, 4.69) is 312 Å². The molecule has 0 aliphatic heterocycles. The van der Waals surface area contributed by atoms with E-state index in [1.807, 2.05) is 72.8 Å². The molecule has 0 saturated carbocycles. The zero-order valence-electron chi connectivity index (χ0n) is 56.4. The lowest BCUT2D eigenvalue weighted by Gasteiger charge is -2.18. The smallest absolute Gasteiger partial charge is 0.166 e. The van der Waals surface area contributed by atoms with Crippen molar-refractivity contribution in [2.24, 2.45) is 0 Å². The van der Waals surface area contributed by atoms with E-state index in [0.29, 0.717) is 34.9 Å². The third-order valence-electron chi connectivity index (χ3n) is 19.8. The van der Waals surface area contributed by atoms with E-state index in [0.717, 1.165) is 155 Å². The van der Waals surface area contributed by atoms with Gasteiger partial charge in [-0.05, 0) is 146 Å². The first kappa shape index (κ1) is 61.0. The van der Waals surface area contributed by atoms with Crippen LogP contribution in [0.3, 0.4) is 0 Å². The van der Waals surface area contributed by atoms with Crippen LogP contribution in [0.2, 0.25) is 0 Å². The minimum Gasteiger partial charge on any atom is -0.308 e. The molecule has 486 valence electrons. The summed E-state index contributed by atoms with van der Waals surface area (Å²) >= 11 is 0. The van der Waals surface area contributed by atoms with Crippen LogP contribution in [-0.2, 0) is 0 Å². The normalized spacial score (nSPS) is 11.5. The molecular weight excluding hydrogens is 1270 g/mol. The Morgan fingerprint density at radius 3 is 0.606 bits per heavy atom. The van der Waals surface area contributed by atoms with Gasteiger partial charge in [-0.25, -0.2) is 29.9 Å². The van der Waals surface area contributed by atoms with E-state index in [9.17, 15) is 0 Å². The number of fused-ring (bicyclic) bond motifs is 6. The molecule has 0 atom stereocenters. The average Bonchev–Trinajstić information content (AvgIpc) is 1.51. The average molecular weight is 1330 g/mol. The third-order valence-corrected chi connectivity index (χ3v) is 19.8. The lowest BCUT2D eigenvalue weighted by Crippen LogP contribution is -2.04. The Balaban J connectivity index is 0.827. The molecule has 0 amide bonds. The Hall–Kier alpha value is -14.1. The summed E-state index contributed by atoms with van der Waals surface area (Å²) in [6.45, 7) is 0. The van der Waals surface area contributed by atoms with E-state index in [1.165, 1.54) is 0 Å². The molecule has 0 aliphatic carbocycles. The van der Waals surface area contributed by atoms with Gasteiger partial charge in [0.15, 0.2) is 34.9 Å². The fraction of sp³-hybridized carbons (Fsp3) is 0. The Bertz CT molecular complexity index is 5720. The van der Waals surface area contributed by atoms with E-state index in [4.69, 9.17) is 29.9 Å². The quantitative estimate of drug-likeness (QED) is 0.108.